The van der Waals surface area contributed by atoms with E-state index < -0.39 is 17.6 Å². The molecule has 0 saturated heterocycles. The second-order valence-corrected chi connectivity index (χ2v) is 5.22. The van der Waals surface area contributed by atoms with Gasteiger partial charge in [-0.15, -0.1) is 0 Å². The van der Waals surface area contributed by atoms with Crippen LogP contribution in [0.15, 0.2) is 41.0 Å². The highest BCUT2D eigenvalue weighted by molar-refractivity contribution is 7.82. The van der Waals surface area contributed by atoms with Gasteiger partial charge in [0.1, 0.15) is 5.76 Å². The maximum atomic E-state index is 12.7. The number of rotatable bonds is 3. The van der Waals surface area contributed by atoms with Crippen molar-refractivity contribution in [3.05, 3.63) is 52.9 Å². The van der Waals surface area contributed by atoms with Crippen molar-refractivity contribution in [3.8, 4) is 0 Å². The van der Waals surface area contributed by atoms with Gasteiger partial charge >= 0.3 is 6.18 Å². The first-order valence-electron chi connectivity index (χ1n) is 6.25. The van der Waals surface area contributed by atoms with Gasteiger partial charge in [-0.1, -0.05) is 23.8 Å². The van der Waals surface area contributed by atoms with Crippen molar-refractivity contribution in [2.24, 2.45) is 0 Å². The molecular formula is C14H10ClF3N2O2S. The molecule has 1 aromatic heterocycles. The molecular weight excluding hydrogens is 353 g/mol. The molecule has 0 atom stereocenters. The third-order valence-electron chi connectivity index (χ3n) is 2.75. The fourth-order valence-corrected chi connectivity index (χ4v) is 1.93. The first-order chi connectivity index (χ1) is 10.8. The van der Waals surface area contributed by atoms with Crippen LogP contribution in [0.3, 0.4) is 0 Å². The summed E-state index contributed by atoms with van der Waals surface area (Å²) in [6.45, 7) is 0.176. The molecule has 122 valence electrons. The van der Waals surface area contributed by atoms with E-state index in [1.165, 1.54) is 6.26 Å². The molecule has 2 aromatic rings. The first kappa shape index (κ1) is 17.3. The summed E-state index contributed by atoms with van der Waals surface area (Å²) in [6, 6.07) is 5.97. The second kappa shape index (κ2) is 7.01. The van der Waals surface area contributed by atoms with E-state index in [9.17, 15) is 18.0 Å². The Labute approximate surface area is 139 Å². The molecule has 2 rings (SSSR count). The van der Waals surface area contributed by atoms with E-state index in [0.717, 1.165) is 18.2 Å². The van der Waals surface area contributed by atoms with Crippen LogP contribution < -0.4 is 10.6 Å². The Morgan fingerprint density at radius 3 is 2.65 bits per heavy atom. The van der Waals surface area contributed by atoms with Crippen LogP contribution in [0.4, 0.5) is 18.9 Å². The third kappa shape index (κ3) is 4.70. The number of halogens is 4. The Morgan fingerprint density at radius 1 is 1.30 bits per heavy atom. The monoisotopic (exact) mass is 362 g/mol. The summed E-state index contributed by atoms with van der Waals surface area (Å²) in [6.07, 6.45) is -3.08. The largest absolute Gasteiger partial charge is 0.467 e. The van der Waals surface area contributed by atoms with Crippen molar-refractivity contribution in [3.63, 3.8) is 0 Å². The SMILES string of the molecule is O=C(Nc1cc(C(F)(F)F)ccc1Cl)C(=S)NCc1ccco1. The van der Waals surface area contributed by atoms with Crippen molar-refractivity contribution in [1.82, 2.24) is 5.32 Å². The summed E-state index contributed by atoms with van der Waals surface area (Å²) in [5.41, 5.74) is -1.10. The van der Waals surface area contributed by atoms with E-state index in [0.29, 0.717) is 5.76 Å². The fourth-order valence-electron chi connectivity index (χ4n) is 1.64. The minimum Gasteiger partial charge on any atom is -0.467 e. The quantitative estimate of drug-likeness (QED) is 0.810. The lowest BCUT2D eigenvalue weighted by Gasteiger charge is -2.12. The van der Waals surface area contributed by atoms with Crippen LogP contribution in [0.2, 0.25) is 5.02 Å². The van der Waals surface area contributed by atoms with E-state index >= 15 is 0 Å². The highest BCUT2D eigenvalue weighted by Gasteiger charge is 2.31. The zero-order valence-electron chi connectivity index (χ0n) is 11.4. The van der Waals surface area contributed by atoms with Crippen LogP contribution in [0, 0.1) is 0 Å². The number of carbonyl (C=O) groups is 1. The Bertz CT molecular complexity index is 717. The summed E-state index contributed by atoms with van der Waals surface area (Å²) in [7, 11) is 0. The number of nitrogens with one attached hydrogen (secondary N) is 2. The lowest BCUT2D eigenvalue weighted by molar-refractivity contribution is -0.137. The van der Waals surface area contributed by atoms with Crippen molar-refractivity contribution in [2.75, 3.05) is 5.32 Å². The zero-order valence-corrected chi connectivity index (χ0v) is 13.0. The molecule has 2 N–H and O–H groups in total. The van der Waals surface area contributed by atoms with Crippen LogP contribution in [0.1, 0.15) is 11.3 Å². The second-order valence-electron chi connectivity index (χ2n) is 4.41. The molecule has 1 aromatic carbocycles. The van der Waals surface area contributed by atoms with Crippen molar-refractivity contribution >= 4 is 40.4 Å². The molecule has 9 heteroatoms. The van der Waals surface area contributed by atoms with Gasteiger partial charge in [-0.3, -0.25) is 4.79 Å². The molecule has 0 radical (unpaired) electrons. The summed E-state index contributed by atoms with van der Waals surface area (Å²) in [5.74, 6) is -0.218. The van der Waals surface area contributed by atoms with Gasteiger partial charge in [0.05, 0.1) is 29.1 Å². The van der Waals surface area contributed by atoms with Crippen LogP contribution in [-0.2, 0) is 17.5 Å². The Hall–Kier alpha value is -2.06. The topological polar surface area (TPSA) is 54.3 Å². The highest BCUT2D eigenvalue weighted by Crippen LogP contribution is 2.33. The number of furan rings is 1. The molecule has 0 bridgehead atoms. The molecule has 0 saturated carbocycles. The fraction of sp³-hybridized carbons (Fsp3) is 0.143. The molecule has 0 unspecified atom stereocenters. The highest BCUT2D eigenvalue weighted by atomic mass is 35.5. The molecule has 1 amide bonds. The predicted octanol–water partition coefficient (Wildman–Crippen LogP) is 4.01. The first-order valence-corrected chi connectivity index (χ1v) is 7.04. The number of amides is 1. The van der Waals surface area contributed by atoms with Crippen LogP contribution in [0.5, 0.6) is 0 Å². The lowest BCUT2D eigenvalue weighted by atomic mass is 10.2. The molecule has 0 spiro atoms. The summed E-state index contributed by atoms with van der Waals surface area (Å²) in [5, 5.41) is 4.85. The van der Waals surface area contributed by atoms with E-state index in [4.69, 9.17) is 28.2 Å². The Kier molecular flexibility index (Phi) is 5.27. The summed E-state index contributed by atoms with van der Waals surface area (Å²) < 4.78 is 43.1. The lowest BCUT2D eigenvalue weighted by Crippen LogP contribution is -2.33. The minimum absolute atomic E-state index is 0.0276. The van der Waals surface area contributed by atoms with Gasteiger partial charge in [0, 0.05) is 0 Å². The maximum Gasteiger partial charge on any atom is 0.416 e. The Balaban J connectivity index is 2.03. The number of thiocarbonyl (C=S) groups is 1. The van der Waals surface area contributed by atoms with Crippen LogP contribution >= 0.6 is 23.8 Å². The maximum absolute atomic E-state index is 12.7. The number of hydrogen-bond acceptors (Lipinski definition) is 3. The minimum atomic E-state index is -4.54. The number of anilines is 1. The molecule has 0 fully saturated rings. The summed E-state index contributed by atoms with van der Waals surface area (Å²) >= 11 is 10.7. The van der Waals surface area contributed by atoms with E-state index in [2.05, 4.69) is 10.6 Å². The van der Waals surface area contributed by atoms with Gasteiger partial charge in [0.25, 0.3) is 5.91 Å². The van der Waals surface area contributed by atoms with E-state index in [1.54, 1.807) is 12.1 Å². The van der Waals surface area contributed by atoms with Gasteiger partial charge in [0.2, 0.25) is 0 Å². The summed E-state index contributed by atoms with van der Waals surface area (Å²) in [4.78, 5) is 11.7. The smallest absolute Gasteiger partial charge is 0.416 e. The molecule has 1 heterocycles. The standard InChI is InChI=1S/C14H10ClF3N2O2S/c15-10-4-3-8(14(16,17)18)6-11(10)20-12(21)13(23)19-7-9-2-1-5-22-9/h1-6H,7H2,(H,19,23)(H,20,21). The van der Waals surface area contributed by atoms with Gasteiger partial charge in [0.15, 0.2) is 4.99 Å². The van der Waals surface area contributed by atoms with Crippen LogP contribution in [-0.4, -0.2) is 10.9 Å². The Morgan fingerprint density at radius 2 is 2.04 bits per heavy atom. The van der Waals surface area contributed by atoms with Crippen LogP contribution in [0.25, 0.3) is 0 Å². The third-order valence-corrected chi connectivity index (χ3v) is 3.41. The van der Waals surface area contributed by atoms with Crippen molar-refractivity contribution in [2.45, 2.75) is 12.7 Å². The molecule has 0 aliphatic carbocycles. The van der Waals surface area contributed by atoms with Gasteiger partial charge in [-0.25, -0.2) is 0 Å². The number of hydrogen-bond donors (Lipinski definition) is 2. The molecule has 0 aliphatic rings. The normalized spacial score (nSPS) is 11.1. The van der Waals surface area contributed by atoms with Crippen molar-refractivity contribution < 1.29 is 22.4 Å². The molecule has 23 heavy (non-hydrogen) atoms. The van der Waals surface area contributed by atoms with E-state index in [1.807, 2.05) is 0 Å². The predicted molar refractivity (Wildman–Crippen MR) is 83.2 cm³/mol. The van der Waals surface area contributed by atoms with E-state index in [-0.39, 0.29) is 22.2 Å². The number of benzene rings is 1. The number of alkyl halides is 3. The molecule has 4 nitrogen and oxygen atoms in total. The van der Waals surface area contributed by atoms with Crippen molar-refractivity contribution in [1.29, 1.82) is 0 Å². The average molecular weight is 363 g/mol. The molecule has 0 aliphatic heterocycles. The van der Waals surface area contributed by atoms with Gasteiger partial charge in [-0.05, 0) is 30.3 Å². The van der Waals surface area contributed by atoms with Gasteiger partial charge < -0.3 is 15.1 Å². The number of carbonyl (C=O) groups excluding carboxylic acids is 1. The van der Waals surface area contributed by atoms with Gasteiger partial charge in [-0.2, -0.15) is 13.2 Å². The zero-order chi connectivity index (χ0) is 17.0. The average Bonchev–Trinajstić information content (AvgIpc) is 2.99.